The average molecular weight is 551 g/mol. The third-order valence-electron chi connectivity index (χ3n) is 5.46. The van der Waals surface area contributed by atoms with Gasteiger partial charge in [-0.3, -0.25) is 9.36 Å². The number of halogens is 6. The monoisotopic (exact) mass is 550 g/mol. The van der Waals surface area contributed by atoms with Crippen LogP contribution in [0.15, 0.2) is 78.0 Å². The van der Waals surface area contributed by atoms with Crippen LogP contribution in [0.2, 0.25) is 0 Å². The molecule has 0 fully saturated rings. The van der Waals surface area contributed by atoms with Crippen LogP contribution < -0.4 is 5.32 Å². The lowest BCUT2D eigenvalue weighted by atomic mass is 10.0. The Morgan fingerprint density at radius 1 is 0.868 bits per heavy atom. The fourth-order valence-corrected chi connectivity index (χ4v) is 4.46. The van der Waals surface area contributed by atoms with Crippen molar-refractivity contribution in [1.29, 1.82) is 0 Å². The van der Waals surface area contributed by atoms with Gasteiger partial charge in [0.05, 0.1) is 17.7 Å². The number of hydrogen-bond donors (Lipinski definition) is 1. The van der Waals surface area contributed by atoms with Crippen LogP contribution >= 0.6 is 11.8 Å². The molecule has 0 unspecified atom stereocenters. The van der Waals surface area contributed by atoms with Crippen LogP contribution in [0.5, 0.6) is 0 Å². The quantitative estimate of drug-likeness (QED) is 0.202. The summed E-state index contributed by atoms with van der Waals surface area (Å²) in [6, 6.07) is 17.7. The molecule has 1 aromatic heterocycles. The normalized spacial score (nSPS) is 12.0. The van der Waals surface area contributed by atoms with E-state index in [0.717, 1.165) is 11.1 Å². The van der Waals surface area contributed by atoms with Gasteiger partial charge < -0.3 is 5.32 Å². The minimum atomic E-state index is -5.06. The highest BCUT2D eigenvalue weighted by Gasteiger charge is 2.37. The molecule has 1 N–H and O–H groups in total. The van der Waals surface area contributed by atoms with Crippen molar-refractivity contribution in [1.82, 2.24) is 20.1 Å². The van der Waals surface area contributed by atoms with Crippen LogP contribution in [0.1, 0.15) is 38.4 Å². The molecule has 1 amide bonds. The SMILES string of the molecule is Cc1ccc(-n2c(CNC(=O)c3cc(C(F)(F)F)cc(C(F)(F)F)c3)nnc2SCc2ccccc2)cc1. The van der Waals surface area contributed by atoms with Crippen molar-refractivity contribution in [3.8, 4) is 5.69 Å². The van der Waals surface area contributed by atoms with Crippen LogP contribution in [0.3, 0.4) is 0 Å². The zero-order valence-corrected chi connectivity index (χ0v) is 20.6. The Kier molecular flexibility index (Phi) is 7.81. The Morgan fingerprint density at radius 3 is 2.05 bits per heavy atom. The molecule has 12 heteroatoms. The summed E-state index contributed by atoms with van der Waals surface area (Å²) in [7, 11) is 0. The van der Waals surface area contributed by atoms with Crippen LogP contribution in [0.25, 0.3) is 5.69 Å². The van der Waals surface area contributed by atoms with Gasteiger partial charge in [0, 0.05) is 17.0 Å². The van der Waals surface area contributed by atoms with E-state index in [0.29, 0.717) is 28.7 Å². The number of nitrogens with zero attached hydrogens (tertiary/aromatic N) is 3. The first-order chi connectivity index (χ1) is 17.9. The number of benzene rings is 3. The molecule has 0 radical (unpaired) electrons. The molecule has 0 bridgehead atoms. The number of alkyl halides is 6. The number of aryl methyl sites for hydroxylation is 1. The van der Waals surface area contributed by atoms with E-state index in [1.165, 1.54) is 11.8 Å². The zero-order chi connectivity index (χ0) is 27.5. The Morgan fingerprint density at radius 2 is 1.47 bits per heavy atom. The van der Waals surface area contributed by atoms with Crippen molar-refractivity contribution in [2.24, 2.45) is 0 Å². The highest BCUT2D eigenvalue weighted by Crippen LogP contribution is 2.36. The maximum Gasteiger partial charge on any atom is 0.416 e. The lowest BCUT2D eigenvalue weighted by molar-refractivity contribution is -0.143. The Bertz CT molecular complexity index is 1380. The first-order valence-corrected chi connectivity index (χ1v) is 12.2. The average Bonchev–Trinajstić information content (AvgIpc) is 3.28. The lowest BCUT2D eigenvalue weighted by Crippen LogP contribution is -2.26. The number of amides is 1. The Labute approximate surface area is 217 Å². The standard InChI is InChI=1S/C26H20F6N4OS/c1-16-7-9-21(10-8-16)36-22(34-35-24(36)38-15-17-5-3-2-4-6-17)14-33-23(37)18-11-19(25(27,28)29)13-20(12-18)26(30,31)32/h2-13H,14-15H2,1H3,(H,33,37). The molecule has 198 valence electrons. The van der Waals surface area contributed by atoms with Crippen molar-refractivity contribution in [2.75, 3.05) is 0 Å². The Hall–Kier alpha value is -3.80. The molecular weight excluding hydrogens is 530 g/mol. The summed E-state index contributed by atoms with van der Waals surface area (Å²) in [5.41, 5.74) is -1.19. The van der Waals surface area contributed by atoms with Crippen molar-refractivity contribution in [3.05, 3.63) is 106 Å². The molecule has 3 aromatic carbocycles. The number of carbonyl (C=O) groups excluding carboxylic acids is 1. The van der Waals surface area contributed by atoms with Gasteiger partial charge in [-0.2, -0.15) is 26.3 Å². The number of carbonyl (C=O) groups is 1. The number of nitrogens with one attached hydrogen (secondary N) is 1. The maximum atomic E-state index is 13.2. The second-order valence-electron chi connectivity index (χ2n) is 8.32. The molecule has 0 aliphatic carbocycles. The van der Waals surface area contributed by atoms with E-state index in [1.54, 1.807) is 4.57 Å². The number of hydrogen-bond acceptors (Lipinski definition) is 4. The summed E-state index contributed by atoms with van der Waals surface area (Å²) >= 11 is 1.39. The summed E-state index contributed by atoms with van der Waals surface area (Å²) in [5, 5.41) is 11.2. The number of rotatable bonds is 7. The summed E-state index contributed by atoms with van der Waals surface area (Å²) < 4.78 is 80.8. The molecule has 0 spiro atoms. The molecule has 1 heterocycles. The molecule has 5 nitrogen and oxygen atoms in total. The zero-order valence-electron chi connectivity index (χ0n) is 19.8. The van der Waals surface area contributed by atoms with Gasteiger partial charge in [-0.15, -0.1) is 10.2 Å². The minimum Gasteiger partial charge on any atom is -0.345 e. The Balaban J connectivity index is 1.61. The predicted molar refractivity (Wildman–Crippen MR) is 130 cm³/mol. The third kappa shape index (κ3) is 6.55. The highest BCUT2D eigenvalue weighted by atomic mass is 32.2. The molecular formula is C26H20F6N4OS. The first kappa shape index (κ1) is 27.2. The lowest BCUT2D eigenvalue weighted by Gasteiger charge is -2.14. The van der Waals surface area contributed by atoms with Crippen molar-refractivity contribution in [3.63, 3.8) is 0 Å². The highest BCUT2D eigenvalue weighted by molar-refractivity contribution is 7.98. The molecule has 0 saturated carbocycles. The molecule has 4 aromatic rings. The van der Waals surface area contributed by atoms with Gasteiger partial charge in [-0.05, 0) is 42.8 Å². The van der Waals surface area contributed by atoms with E-state index < -0.39 is 35.0 Å². The van der Waals surface area contributed by atoms with Gasteiger partial charge in [-0.1, -0.05) is 59.8 Å². The topological polar surface area (TPSA) is 59.8 Å². The minimum absolute atomic E-state index is 0.0267. The summed E-state index contributed by atoms with van der Waals surface area (Å²) in [6.07, 6.45) is -10.1. The van der Waals surface area contributed by atoms with Crippen molar-refractivity contribution >= 4 is 17.7 Å². The molecule has 0 aliphatic heterocycles. The van der Waals surface area contributed by atoms with E-state index in [4.69, 9.17) is 0 Å². The fraction of sp³-hybridized carbons (Fsp3) is 0.192. The van der Waals surface area contributed by atoms with E-state index in [2.05, 4.69) is 15.5 Å². The van der Waals surface area contributed by atoms with Gasteiger partial charge >= 0.3 is 12.4 Å². The van der Waals surface area contributed by atoms with Gasteiger partial charge in [0.1, 0.15) is 0 Å². The number of aromatic nitrogens is 3. The third-order valence-corrected chi connectivity index (χ3v) is 6.46. The predicted octanol–water partition coefficient (Wildman–Crippen LogP) is 6.84. The van der Waals surface area contributed by atoms with Crippen LogP contribution in [-0.2, 0) is 24.7 Å². The van der Waals surface area contributed by atoms with Crippen LogP contribution in [0.4, 0.5) is 26.3 Å². The summed E-state index contributed by atoms with van der Waals surface area (Å²) in [4.78, 5) is 12.7. The van der Waals surface area contributed by atoms with E-state index >= 15 is 0 Å². The summed E-state index contributed by atoms with van der Waals surface area (Å²) in [5.74, 6) is -0.291. The smallest absolute Gasteiger partial charge is 0.345 e. The largest absolute Gasteiger partial charge is 0.416 e. The molecule has 0 saturated heterocycles. The van der Waals surface area contributed by atoms with Gasteiger partial charge in [-0.25, -0.2) is 0 Å². The van der Waals surface area contributed by atoms with E-state index in [1.807, 2.05) is 61.5 Å². The van der Waals surface area contributed by atoms with Crippen LogP contribution in [-0.4, -0.2) is 20.7 Å². The van der Waals surface area contributed by atoms with Crippen molar-refractivity contribution in [2.45, 2.75) is 36.7 Å². The van der Waals surface area contributed by atoms with Crippen LogP contribution in [0, 0.1) is 6.92 Å². The second-order valence-corrected chi connectivity index (χ2v) is 9.26. The fourth-order valence-electron chi connectivity index (χ4n) is 3.53. The molecule has 4 rings (SSSR count). The van der Waals surface area contributed by atoms with Gasteiger partial charge in [0.25, 0.3) is 5.91 Å². The second kappa shape index (κ2) is 10.9. The summed E-state index contributed by atoms with van der Waals surface area (Å²) in [6.45, 7) is 1.62. The van der Waals surface area contributed by atoms with Crippen molar-refractivity contribution < 1.29 is 31.1 Å². The van der Waals surface area contributed by atoms with E-state index in [9.17, 15) is 31.1 Å². The maximum absolute atomic E-state index is 13.2. The molecule has 0 aliphatic rings. The van der Waals surface area contributed by atoms with Gasteiger partial charge in [0.2, 0.25) is 0 Å². The van der Waals surface area contributed by atoms with Gasteiger partial charge in [0.15, 0.2) is 11.0 Å². The van der Waals surface area contributed by atoms with E-state index in [-0.39, 0.29) is 18.4 Å². The molecule has 38 heavy (non-hydrogen) atoms. The first-order valence-electron chi connectivity index (χ1n) is 11.2. The molecule has 0 atom stereocenters. The number of thioether (sulfide) groups is 1.